The number of morpholine rings is 1. The molecule has 0 saturated carbocycles. The molecule has 0 N–H and O–H groups in total. The number of nitrogens with zero attached hydrogens (tertiary/aromatic N) is 2. The molecule has 0 bridgehead atoms. The van der Waals surface area contributed by atoms with Gasteiger partial charge in [-0.15, -0.1) is 0 Å². The predicted molar refractivity (Wildman–Crippen MR) is 91.9 cm³/mol. The summed E-state index contributed by atoms with van der Waals surface area (Å²) in [4.78, 5) is 27.1. The van der Waals surface area contributed by atoms with Crippen LogP contribution < -0.4 is 0 Å². The van der Waals surface area contributed by atoms with Gasteiger partial charge in [0.1, 0.15) is 0 Å². The van der Waals surface area contributed by atoms with Gasteiger partial charge in [0.25, 0.3) is 0 Å². The molecule has 0 radical (unpaired) electrons. The van der Waals surface area contributed by atoms with Gasteiger partial charge in [0, 0.05) is 42.5 Å². The summed E-state index contributed by atoms with van der Waals surface area (Å²) in [6, 6.07) is 8.41. The number of ketones is 2. The summed E-state index contributed by atoms with van der Waals surface area (Å²) in [5.74, 6) is -0.109. The topological polar surface area (TPSA) is 51.5 Å². The Hall–Kier alpha value is -1.95. The van der Waals surface area contributed by atoms with E-state index < -0.39 is 0 Å². The van der Waals surface area contributed by atoms with Crippen LogP contribution >= 0.6 is 11.6 Å². The highest BCUT2D eigenvalue weighted by molar-refractivity contribution is 6.30. The molecule has 0 amide bonds. The van der Waals surface area contributed by atoms with Crippen LogP contribution in [0.25, 0.3) is 0 Å². The third-order valence-corrected chi connectivity index (χ3v) is 4.39. The number of Topliss-reactive ketones (excluding diaryl/α,β-unsaturated/α-hetero) is 1. The van der Waals surface area contributed by atoms with E-state index in [-0.39, 0.29) is 11.6 Å². The van der Waals surface area contributed by atoms with E-state index in [0.717, 1.165) is 13.1 Å². The second-order valence-electron chi connectivity index (χ2n) is 5.87. The van der Waals surface area contributed by atoms with Crippen LogP contribution in [0.1, 0.15) is 26.4 Å². The fourth-order valence-corrected chi connectivity index (χ4v) is 2.87. The first-order chi connectivity index (χ1) is 11.5. The maximum Gasteiger partial charge on any atom is 0.209 e. The van der Waals surface area contributed by atoms with Crippen LogP contribution in [0.3, 0.4) is 0 Å². The SMILES string of the molecule is Cn1cc(C(=O)CN2CCOCC2)cc1C(=O)c1ccc(Cl)cc1. The molecular weight excluding hydrogens is 328 g/mol. The monoisotopic (exact) mass is 346 g/mol. The minimum atomic E-state index is -0.125. The number of benzene rings is 1. The lowest BCUT2D eigenvalue weighted by Gasteiger charge is -2.25. The Bertz CT molecular complexity index is 746. The molecule has 0 unspecified atom stereocenters. The van der Waals surface area contributed by atoms with Gasteiger partial charge < -0.3 is 9.30 Å². The summed E-state index contributed by atoms with van der Waals surface area (Å²) in [7, 11) is 1.77. The molecular formula is C18H19ClN2O3. The molecule has 1 aromatic heterocycles. The molecule has 0 spiro atoms. The van der Waals surface area contributed by atoms with E-state index in [1.54, 1.807) is 48.1 Å². The molecule has 1 aliphatic heterocycles. The van der Waals surface area contributed by atoms with Crippen LogP contribution in [0, 0.1) is 0 Å². The molecule has 24 heavy (non-hydrogen) atoms. The van der Waals surface area contributed by atoms with E-state index in [1.807, 2.05) is 0 Å². The Labute approximate surface area is 145 Å². The molecule has 1 saturated heterocycles. The summed E-state index contributed by atoms with van der Waals surface area (Å²) >= 11 is 5.86. The fraction of sp³-hybridized carbons (Fsp3) is 0.333. The van der Waals surface area contributed by atoms with Crippen molar-refractivity contribution >= 4 is 23.2 Å². The van der Waals surface area contributed by atoms with E-state index in [2.05, 4.69) is 4.90 Å². The Morgan fingerprint density at radius 2 is 1.79 bits per heavy atom. The van der Waals surface area contributed by atoms with E-state index in [0.29, 0.717) is 41.6 Å². The number of ether oxygens (including phenoxy) is 1. The number of halogens is 1. The van der Waals surface area contributed by atoms with Gasteiger partial charge >= 0.3 is 0 Å². The van der Waals surface area contributed by atoms with Gasteiger partial charge in [-0.3, -0.25) is 14.5 Å². The predicted octanol–water partition coefficient (Wildman–Crippen LogP) is 2.42. The third kappa shape index (κ3) is 3.75. The Morgan fingerprint density at radius 3 is 2.46 bits per heavy atom. The van der Waals surface area contributed by atoms with Gasteiger partial charge in [-0.05, 0) is 30.3 Å². The third-order valence-electron chi connectivity index (χ3n) is 4.14. The smallest absolute Gasteiger partial charge is 0.209 e. The van der Waals surface area contributed by atoms with E-state index in [1.165, 1.54) is 0 Å². The minimum absolute atomic E-state index is 0.0163. The van der Waals surface area contributed by atoms with Gasteiger partial charge in [-0.2, -0.15) is 0 Å². The molecule has 5 nitrogen and oxygen atoms in total. The van der Waals surface area contributed by atoms with Crippen LogP contribution in [-0.2, 0) is 11.8 Å². The van der Waals surface area contributed by atoms with Gasteiger partial charge in [0.05, 0.1) is 25.5 Å². The first kappa shape index (κ1) is 16.9. The second kappa shape index (κ2) is 7.30. The van der Waals surface area contributed by atoms with E-state index >= 15 is 0 Å². The van der Waals surface area contributed by atoms with Crippen molar-refractivity contribution in [3.63, 3.8) is 0 Å². The quantitative estimate of drug-likeness (QED) is 0.780. The second-order valence-corrected chi connectivity index (χ2v) is 6.31. The van der Waals surface area contributed by atoms with Crippen LogP contribution in [-0.4, -0.2) is 53.9 Å². The number of aryl methyl sites for hydroxylation is 1. The van der Waals surface area contributed by atoms with Crippen molar-refractivity contribution in [3.05, 3.63) is 58.4 Å². The van der Waals surface area contributed by atoms with Crippen molar-refractivity contribution in [2.24, 2.45) is 7.05 Å². The molecule has 0 aliphatic carbocycles. The van der Waals surface area contributed by atoms with E-state index in [9.17, 15) is 9.59 Å². The van der Waals surface area contributed by atoms with Crippen LogP contribution in [0.15, 0.2) is 36.5 Å². The van der Waals surface area contributed by atoms with Crippen molar-refractivity contribution in [2.75, 3.05) is 32.8 Å². The molecule has 1 fully saturated rings. The average molecular weight is 347 g/mol. The molecule has 6 heteroatoms. The maximum atomic E-state index is 12.6. The maximum absolute atomic E-state index is 12.6. The number of carbonyl (C=O) groups is 2. The Balaban J connectivity index is 1.75. The average Bonchev–Trinajstić information content (AvgIpc) is 2.98. The van der Waals surface area contributed by atoms with Crippen molar-refractivity contribution in [3.8, 4) is 0 Å². The summed E-state index contributed by atoms with van der Waals surface area (Å²) in [6.45, 7) is 3.18. The zero-order valence-corrected chi connectivity index (χ0v) is 14.3. The normalized spacial score (nSPS) is 15.4. The Morgan fingerprint density at radius 1 is 1.12 bits per heavy atom. The highest BCUT2D eigenvalue weighted by Crippen LogP contribution is 2.16. The molecule has 2 aromatic rings. The van der Waals surface area contributed by atoms with Crippen LogP contribution in [0.2, 0.25) is 5.02 Å². The summed E-state index contributed by atoms with van der Waals surface area (Å²) in [5.41, 5.74) is 1.59. The lowest BCUT2D eigenvalue weighted by molar-refractivity contribution is 0.0371. The van der Waals surface area contributed by atoms with Crippen LogP contribution in [0.5, 0.6) is 0 Å². The molecule has 1 aromatic carbocycles. The summed E-state index contributed by atoms with van der Waals surface area (Å²) in [5, 5.41) is 0.583. The first-order valence-corrected chi connectivity index (χ1v) is 8.22. The fourth-order valence-electron chi connectivity index (χ4n) is 2.75. The van der Waals surface area contributed by atoms with E-state index in [4.69, 9.17) is 16.3 Å². The number of aromatic nitrogens is 1. The van der Waals surface area contributed by atoms with Crippen molar-refractivity contribution in [1.82, 2.24) is 9.47 Å². The van der Waals surface area contributed by atoms with Crippen molar-refractivity contribution in [2.45, 2.75) is 0 Å². The molecule has 2 heterocycles. The minimum Gasteiger partial charge on any atom is -0.379 e. The number of hydrogen-bond acceptors (Lipinski definition) is 4. The Kier molecular flexibility index (Phi) is 5.14. The number of carbonyl (C=O) groups excluding carboxylic acids is 2. The number of hydrogen-bond donors (Lipinski definition) is 0. The zero-order chi connectivity index (χ0) is 17.1. The van der Waals surface area contributed by atoms with Crippen LogP contribution in [0.4, 0.5) is 0 Å². The summed E-state index contributed by atoms with van der Waals surface area (Å²) in [6.07, 6.45) is 1.71. The number of rotatable bonds is 5. The van der Waals surface area contributed by atoms with Crippen molar-refractivity contribution < 1.29 is 14.3 Å². The summed E-state index contributed by atoms with van der Waals surface area (Å²) < 4.78 is 6.99. The lowest BCUT2D eigenvalue weighted by Crippen LogP contribution is -2.39. The molecule has 3 rings (SSSR count). The lowest BCUT2D eigenvalue weighted by atomic mass is 10.1. The van der Waals surface area contributed by atoms with Gasteiger partial charge in [-0.25, -0.2) is 0 Å². The standard InChI is InChI=1S/C18H19ClN2O3/c1-20-11-14(17(22)12-21-6-8-24-9-7-21)10-16(20)18(23)13-2-4-15(19)5-3-13/h2-5,10-11H,6-9,12H2,1H3. The molecule has 126 valence electrons. The van der Waals surface area contributed by atoms with Gasteiger partial charge in [0.15, 0.2) is 5.78 Å². The zero-order valence-electron chi connectivity index (χ0n) is 13.5. The first-order valence-electron chi connectivity index (χ1n) is 7.84. The largest absolute Gasteiger partial charge is 0.379 e. The molecule has 1 aliphatic rings. The van der Waals surface area contributed by atoms with Gasteiger partial charge in [0.2, 0.25) is 5.78 Å². The van der Waals surface area contributed by atoms with Gasteiger partial charge in [-0.1, -0.05) is 11.6 Å². The molecule has 0 atom stereocenters. The van der Waals surface area contributed by atoms with Crippen molar-refractivity contribution in [1.29, 1.82) is 0 Å². The highest BCUT2D eigenvalue weighted by Gasteiger charge is 2.20. The highest BCUT2D eigenvalue weighted by atomic mass is 35.5.